The lowest BCUT2D eigenvalue weighted by Gasteiger charge is -1.93. The highest BCUT2D eigenvalue weighted by Gasteiger charge is 1.95. The molecular formula is C45H92N2O14. The van der Waals surface area contributed by atoms with Crippen LogP contribution in [0.25, 0.3) is 0 Å². The van der Waals surface area contributed by atoms with E-state index in [2.05, 4.69) is 36.5 Å². The standard InChI is InChI=1S/C6H12O2.C6H12O.C5H11NO.C5H10O2.C5H10O.C4H9NO.C4H8O2.C4H8O.C3H6O2.C3H6O/c1-3-4-5-6(7)8-2;1-3-4-5-6(2)7;1-3-4-5(7)6-2;1-3-4-5(6)7-2;1-3-4-5(2)6;1-3-4(6)5-2;1-3-4(5)6-2;1-3-4(2)5;1-3(4)5-2;1-3(2)4/h3-5H2,1-2H3;3-5H2,1-2H3;3-4H2,1-2H3,(H,6,7);3-4H2,1-2H3;3-4H2,1-2H3;3H2,1-2H3,(H,5,6);3H2,1-2H3;3H2,1-2H3;1-2H3;1-2H3. The fraction of sp³-hybridized carbons (Fsp3) is 0.778. The number of hydrogen-bond donors (Lipinski definition) is 2. The smallest absolute Gasteiger partial charge is 0.305 e. The number of amides is 2. The summed E-state index contributed by atoms with van der Waals surface area (Å²) >= 11 is 0. The van der Waals surface area contributed by atoms with E-state index in [4.69, 9.17) is 0 Å². The van der Waals surface area contributed by atoms with Crippen molar-refractivity contribution in [3.05, 3.63) is 0 Å². The highest BCUT2D eigenvalue weighted by atomic mass is 16.5. The topological polar surface area (TPSA) is 232 Å². The van der Waals surface area contributed by atoms with Crippen LogP contribution in [0.3, 0.4) is 0 Å². The van der Waals surface area contributed by atoms with E-state index in [1.807, 2.05) is 41.5 Å². The van der Waals surface area contributed by atoms with Crippen LogP contribution in [0.15, 0.2) is 0 Å². The van der Waals surface area contributed by atoms with Crippen molar-refractivity contribution in [1.82, 2.24) is 10.6 Å². The highest BCUT2D eigenvalue weighted by Crippen LogP contribution is 1.94. The summed E-state index contributed by atoms with van der Waals surface area (Å²) in [5.74, 6) is 0.608. The second kappa shape index (κ2) is 76.2. The van der Waals surface area contributed by atoms with Gasteiger partial charge in [-0.3, -0.25) is 28.8 Å². The molecule has 0 spiro atoms. The monoisotopic (exact) mass is 885 g/mol. The van der Waals surface area contributed by atoms with Gasteiger partial charge in [-0.05, 0) is 66.7 Å². The molecule has 2 N–H and O–H groups in total. The lowest BCUT2D eigenvalue weighted by molar-refractivity contribution is -0.141. The fourth-order valence-electron chi connectivity index (χ4n) is 2.18. The van der Waals surface area contributed by atoms with Crippen LogP contribution >= 0.6 is 0 Å². The first-order valence-electron chi connectivity index (χ1n) is 21.0. The Labute approximate surface area is 371 Å². The van der Waals surface area contributed by atoms with Gasteiger partial charge in [0.25, 0.3) is 0 Å². The summed E-state index contributed by atoms with van der Waals surface area (Å²) in [4.78, 5) is 100.0. The average molecular weight is 885 g/mol. The van der Waals surface area contributed by atoms with Crippen molar-refractivity contribution in [2.75, 3.05) is 42.5 Å². The van der Waals surface area contributed by atoms with Gasteiger partial charge in [0.15, 0.2) is 0 Å². The summed E-state index contributed by atoms with van der Waals surface area (Å²) in [5.41, 5.74) is 0. The van der Waals surface area contributed by atoms with Crippen LogP contribution in [0.1, 0.15) is 193 Å². The minimum absolute atomic E-state index is 0.0926. The number of hydrogen-bond acceptors (Lipinski definition) is 14. The van der Waals surface area contributed by atoms with Crippen molar-refractivity contribution >= 4 is 58.8 Å². The largest absolute Gasteiger partial charge is 0.469 e. The summed E-state index contributed by atoms with van der Waals surface area (Å²) in [6.45, 7) is 24.7. The normalized spacial score (nSPS) is 8.00. The molecule has 0 aliphatic rings. The highest BCUT2D eigenvalue weighted by molar-refractivity contribution is 5.76. The zero-order valence-electron chi connectivity index (χ0n) is 42.3. The van der Waals surface area contributed by atoms with Gasteiger partial charge in [-0.25, -0.2) is 0 Å². The molecule has 61 heavy (non-hydrogen) atoms. The number of ether oxygens (including phenoxy) is 4. The Balaban J connectivity index is -0.0000000595. The van der Waals surface area contributed by atoms with Crippen LogP contribution in [0.4, 0.5) is 0 Å². The first-order valence-corrected chi connectivity index (χ1v) is 21.0. The van der Waals surface area contributed by atoms with E-state index >= 15 is 0 Å². The van der Waals surface area contributed by atoms with Crippen molar-refractivity contribution in [2.45, 2.75) is 193 Å². The molecule has 0 fully saturated rings. The van der Waals surface area contributed by atoms with Gasteiger partial charge in [0.2, 0.25) is 11.8 Å². The molecule has 16 nitrogen and oxygen atoms in total. The molecule has 0 radical (unpaired) electrons. The molecule has 0 aliphatic carbocycles. The van der Waals surface area contributed by atoms with Crippen molar-refractivity contribution in [2.24, 2.45) is 0 Å². The van der Waals surface area contributed by atoms with E-state index in [1.165, 1.54) is 49.2 Å². The van der Waals surface area contributed by atoms with Crippen LogP contribution in [0, 0.1) is 0 Å². The van der Waals surface area contributed by atoms with Gasteiger partial charge in [-0.2, -0.15) is 0 Å². The summed E-state index contributed by atoms with van der Waals surface area (Å²) in [6, 6.07) is 0. The van der Waals surface area contributed by atoms with Crippen molar-refractivity contribution < 1.29 is 66.9 Å². The number of methoxy groups -OCH3 is 4. The predicted octanol–water partition coefficient (Wildman–Crippen LogP) is 8.45. The number of ketones is 4. The van der Waals surface area contributed by atoms with Gasteiger partial charge >= 0.3 is 23.9 Å². The molecule has 0 bridgehead atoms. The summed E-state index contributed by atoms with van der Waals surface area (Å²) in [6.07, 6.45) is 11.9. The Kier molecular flexibility index (Phi) is 101. The third-order valence-corrected chi connectivity index (χ3v) is 5.79. The maximum absolute atomic E-state index is 10.3. The van der Waals surface area contributed by atoms with E-state index in [1.54, 1.807) is 41.8 Å². The molecule has 0 heterocycles. The van der Waals surface area contributed by atoms with Gasteiger partial charge in [0, 0.05) is 72.4 Å². The maximum Gasteiger partial charge on any atom is 0.305 e. The van der Waals surface area contributed by atoms with Crippen LogP contribution in [-0.4, -0.2) is 101 Å². The van der Waals surface area contributed by atoms with Crippen LogP contribution in [0.2, 0.25) is 0 Å². The third kappa shape index (κ3) is 171. The minimum Gasteiger partial charge on any atom is -0.469 e. The van der Waals surface area contributed by atoms with Gasteiger partial charge < -0.3 is 48.8 Å². The summed E-state index contributed by atoms with van der Waals surface area (Å²) in [5, 5.41) is 5.00. The molecule has 0 aromatic heterocycles. The van der Waals surface area contributed by atoms with Crippen molar-refractivity contribution in [3.8, 4) is 0 Å². The van der Waals surface area contributed by atoms with Gasteiger partial charge in [0.1, 0.15) is 23.1 Å². The molecule has 0 rings (SSSR count). The Morgan fingerprint density at radius 1 is 0.361 bits per heavy atom. The minimum atomic E-state index is -0.245. The molecule has 16 heteroatoms. The second-order valence-electron chi connectivity index (χ2n) is 12.3. The van der Waals surface area contributed by atoms with Gasteiger partial charge in [0.05, 0.1) is 28.4 Å². The molecule has 0 aromatic rings. The number of unbranched alkanes of at least 4 members (excludes halogenated alkanes) is 2. The summed E-state index contributed by atoms with van der Waals surface area (Å²) in [7, 11) is 8.83. The Morgan fingerprint density at radius 2 is 0.672 bits per heavy atom. The first kappa shape index (κ1) is 80.5. The van der Waals surface area contributed by atoms with Crippen molar-refractivity contribution in [3.63, 3.8) is 0 Å². The lowest BCUT2D eigenvalue weighted by Crippen LogP contribution is -2.16. The van der Waals surface area contributed by atoms with E-state index in [0.29, 0.717) is 44.3 Å². The lowest BCUT2D eigenvalue weighted by atomic mass is 10.2. The molecular weight excluding hydrogens is 792 g/mol. The molecule has 0 atom stereocenters. The van der Waals surface area contributed by atoms with E-state index in [-0.39, 0.29) is 53.0 Å². The SMILES string of the molecule is CC(C)=O.CCC(=O)NC.CCC(=O)OC.CCC(C)=O.CCCC(=O)NC.CCCC(=O)OC.CCCC(C)=O.CCCCC(=O)OC.CCCCC(C)=O.COC(C)=O. The molecule has 0 saturated carbocycles. The molecule has 366 valence electrons. The van der Waals surface area contributed by atoms with Crippen LogP contribution in [0.5, 0.6) is 0 Å². The first-order chi connectivity index (χ1) is 28.4. The average Bonchev–Trinajstić information content (AvgIpc) is 3.22. The quantitative estimate of drug-likeness (QED) is 0.116. The Hall–Kier alpha value is -4.50. The number of carbonyl (C=O) groups excluding carboxylic acids is 10. The number of carbonyl (C=O) groups is 10. The molecule has 0 unspecified atom stereocenters. The van der Waals surface area contributed by atoms with Crippen molar-refractivity contribution in [1.29, 1.82) is 0 Å². The molecule has 0 saturated heterocycles. The number of esters is 4. The molecule has 2 amide bonds. The van der Waals surface area contributed by atoms with E-state index < -0.39 is 0 Å². The van der Waals surface area contributed by atoms with Crippen LogP contribution in [-0.2, 0) is 66.9 Å². The zero-order chi connectivity index (χ0) is 50.6. The number of Topliss-reactive ketones (excluding diaryl/α,β-unsaturated/α-hetero) is 4. The molecule has 0 aliphatic heterocycles. The third-order valence-electron chi connectivity index (χ3n) is 5.79. The predicted molar refractivity (Wildman–Crippen MR) is 245 cm³/mol. The Bertz CT molecular complexity index is 982. The van der Waals surface area contributed by atoms with Crippen LogP contribution < -0.4 is 10.6 Å². The van der Waals surface area contributed by atoms with E-state index in [9.17, 15) is 47.9 Å². The van der Waals surface area contributed by atoms with Gasteiger partial charge in [-0.15, -0.1) is 0 Å². The number of nitrogens with one attached hydrogen (secondary N) is 2. The molecule has 0 aromatic carbocycles. The fourth-order valence-corrected chi connectivity index (χ4v) is 2.18. The maximum atomic E-state index is 10.3. The summed E-state index contributed by atoms with van der Waals surface area (Å²) < 4.78 is 17.1. The second-order valence-corrected chi connectivity index (χ2v) is 12.3. The van der Waals surface area contributed by atoms with Gasteiger partial charge in [-0.1, -0.05) is 68.2 Å². The number of rotatable bonds is 15. The zero-order valence-corrected chi connectivity index (χ0v) is 42.3. The van der Waals surface area contributed by atoms with E-state index in [0.717, 1.165) is 57.8 Å². The Morgan fingerprint density at radius 3 is 0.770 bits per heavy atom.